The largest absolute Gasteiger partial charge is 0.381 e. The van der Waals surface area contributed by atoms with Crippen LogP contribution < -0.4 is 5.32 Å². The van der Waals surface area contributed by atoms with Gasteiger partial charge >= 0.3 is 0 Å². The van der Waals surface area contributed by atoms with Crippen LogP contribution in [0.2, 0.25) is 10.0 Å². The summed E-state index contributed by atoms with van der Waals surface area (Å²) < 4.78 is 39.3. The SMILES string of the molecule is Fc1ccc(CNc2cc(Cl)c(F)c(Cl)c2)c(F)c1. The lowest BCUT2D eigenvalue weighted by Crippen LogP contribution is -2.02. The molecule has 0 spiro atoms. The predicted octanol–water partition coefficient (Wildman–Crippen LogP) is 5.02. The summed E-state index contributed by atoms with van der Waals surface area (Å²) >= 11 is 11.3. The van der Waals surface area contributed by atoms with Gasteiger partial charge in [0.15, 0.2) is 5.82 Å². The Balaban J connectivity index is 2.14. The first-order chi connectivity index (χ1) is 8.97. The first-order valence-corrected chi connectivity index (χ1v) is 6.05. The van der Waals surface area contributed by atoms with Gasteiger partial charge in [0.1, 0.15) is 11.6 Å². The molecule has 0 bridgehead atoms. The van der Waals surface area contributed by atoms with Crippen LogP contribution in [0.25, 0.3) is 0 Å². The molecule has 0 radical (unpaired) electrons. The molecule has 0 saturated carbocycles. The summed E-state index contributed by atoms with van der Waals surface area (Å²) in [5, 5.41) is 2.57. The Morgan fingerprint density at radius 3 is 2.16 bits per heavy atom. The second-order valence-corrected chi connectivity index (χ2v) is 4.66. The third-order valence-electron chi connectivity index (χ3n) is 2.48. The molecule has 0 aliphatic rings. The van der Waals surface area contributed by atoms with Crippen molar-refractivity contribution >= 4 is 28.9 Å². The van der Waals surface area contributed by atoms with Gasteiger partial charge < -0.3 is 5.32 Å². The molecular weight excluding hydrogens is 298 g/mol. The quantitative estimate of drug-likeness (QED) is 0.785. The van der Waals surface area contributed by atoms with Gasteiger partial charge in [0, 0.05) is 23.9 Å². The molecule has 0 atom stereocenters. The van der Waals surface area contributed by atoms with E-state index in [1.807, 2.05) is 0 Å². The van der Waals surface area contributed by atoms with Gasteiger partial charge in [-0.25, -0.2) is 13.2 Å². The summed E-state index contributed by atoms with van der Waals surface area (Å²) in [5.74, 6) is -2.01. The minimum absolute atomic E-state index is 0.102. The fourth-order valence-electron chi connectivity index (χ4n) is 1.52. The number of rotatable bonds is 3. The molecule has 19 heavy (non-hydrogen) atoms. The van der Waals surface area contributed by atoms with Gasteiger partial charge in [0.25, 0.3) is 0 Å². The van der Waals surface area contributed by atoms with Crippen molar-refractivity contribution in [3.05, 3.63) is 63.4 Å². The van der Waals surface area contributed by atoms with Crippen LogP contribution in [0.15, 0.2) is 30.3 Å². The normalized spacial score (nSPS) is 10.6. The molecular formula is C13H8Cl2F3N. The number of anilines is 1. The van der Waals surface area contributed by atoms with Crippen molar-refractivity contribution in [1.82, 2.24) is 0 Å². The fourth-order valence-corrected chi connectivity index (χ4v) is 2.01. The molecule has 0 amide bonds. The van der Waals surface area contributed by atoms with Crippen molar-refractivity contribution < 1.29 is 13.2 Å². The van der Waals surface area contributed by atoms with Gasteiger partial charge in [-0.2, -0.15) is 0 Å². The van der Waals surface area contributed by atoms with E-state index < -0.39 is 17.5 Å². The fraction of sp³-hybridized carbons (Fsp3) is 0.0769. The molecule has 0 aliphatic carbocycles. The average molecular weight is 306 g/mol. The Bertz CT molecular complexity index is 594. The maximum absolute atomic E-state index is 13.4. The van der Waals surface area contributed by atoms with E-state index >= 15 is 0 Å². The Kier molecular flexibility index (Phi) is 4.22. The molecule has 100 valence electrons. The summed E-state index contributed by atoms with van der Waals surface area (Å²) in [6, 6.07) is 5.95. The number of hydrogen-bond donors (Lipinski definition) is 1. The second kappa shape index (κ2) is 5.72. The Morgan fingerprint density at radius 2 is 1.58 bits per heavy atom. The zero-order valence-corrected chi connectivity index (χ0v) is 11.0. The van der Waals surface area contributed by atoms with Gasteiger partial charge in [-0.1, -0.05) is 29.3 Å². The summed E-state index contributed by atoms with van der Waals surface area (Å²) in [4.78, 5) is 0. The standard InChI is InChI=1S/C13H8Cl2F3N/c14-10-4-9(5-11(15)13(10)18)19-6-7-1-2-8(16)3-12(7)17/h1-5,19H,6H2. The molecule has 2 aromatic rings. The Hall–Kier alpha value is -1.39. The third-order valence-corrected chi connectivity index (χ3v) is 3.03. The molecule has 0 saturated heterocycles. The molecule has 2 rings (SSSR count). The van der Waals surface area contributed by atoms with E-state index in [0.29, 0.717) is 5.69 Å². The number of benzene rings is 2. The van der Waals surface area contributed by atoms with Crippen molar-refractivity contribution in [3.63, 3.8) is 0 Å². The van der Waals surface area contributed by atoms with Crippen molar-refractivity contribution in [2.45, 2.75) is 6.54 Å². The first kappa shape index (κ1) is 14.0. The van der Waals surface area contributed by atoms with Crippen LogP contribution in [0.4, 0.5) is 18.9 Å². The third kappa shape index (κ3) is 3.33. The molecule has 2 aromatic carbocycles. The lowest BCUT2D eigenvalue weighted by molar-refractivity contribution is 0.574. The zero-order chi connectivity index (χ0) is 14.0. The maximum atomic E-state index is 13.4. The van der Waals surface area contributed by atoms with Crippen molar-refractivity contribution in [2.24, 2.45) is 0 Å². The van der Waals surface area contributed by atoms with Gasteiger partial charge in [-0.05, 0) is 18.2 Å². The minimum Gasteiger partial charge on any atom is -0.381 e. The maximum Gasteiger partial charge on any atom is 0.160 e. The Labute approximate surface area is 118 Å². The summed E-state index contributed by atoms with van der Waals surface area (Å²) in [5.41, 5.74) is 0.720. The highest BCUT2D eigenvalue weighted by molar-refractivity contribution is 6.35. The van der Waals surface area contributed by atoms with E-state index in [1.165, 1.54) is 18.2 Å². The molecule has 0 heterocycles. The van der Waals surface area contributed by atoms with Crippen LogP contribution in [0.1, 0.15) is 5.56 Å². The molecule has 0 aliphatic heterocycles. The highest BCUT2D eigenvalue weighted by Crippen LogP contribution is 2.27. The minimum atomic E-state index is -0.707. The number of halogens is 5. The van der Waals surface area contributed by atoms with Crippen molar-refractivity contribution in [1.29, 1.82) is 0 Å². The summed E-state index contributed by atoms with van der Waals surface area (Å²) in [7, 11) is 0. The second-order valence-electron chi connectivity index (χ2n) is 3.84. The first-order valence-electron chi connectivity index (χ1n) is 5.29. The van der Waals surface area contributed by atoms with Crippen molar-refractivity contribution in [2.75, 3.05) is 5.32 Å². The topological polar surface area (TPSA) is 12.0 Å². The molecule has 0 fully saturated rings. The van der Waals surface area contributed by atoms with Crippen LogP contribution in [0.3, 0.4) is 0 Å². The molecule has 1 nitrogen and oxygen atoms in total. The van der Waals surface area contributed by atoms with Crippen LogP contribution in [0, 0.1) is 17.5 Å². The van der Waals surface area contributed by atoms with Crippen LogP contribution in [-0.4, -0.2) is 0 Å². The monoisotopic (exact) mass is 305 g/mol. The average Bonchev–Trinajstić information content (AvgIpc) is 2.34. The van der Waals surface area contributed by atoms with Crippen LogP contribution in [0.5, 0.6) is 0 Å². The van der Waals surface area contributed by atoms with Gasteiger partial charge in [-0.3, -0.25) is 0 Å². The smallest absolute Gasteiger partial charge is 0.160 e. The van der Waals surface area contributed by atoms with Gasteiger partial charge in [0.05, 0.1) is 10.0 Å². The van der Waals surface area contributed by atoms with E-state index in [1.54, 1.807) is 0 Å². The van der Waals surface area contributed by atoms with E-state index in [-0.39, 0.29) is 22.2 Å². The zero-order valence-electron chi connectivity index (χ0n) is 9.48. The highest BCUT2D eigenvalue weighted by atomic mass is 35.5. The molecule has 0 unspecified atom stereocenters. The van der Waals surface area contributed by atoms with E-state index in [0.717, 1.165) is 12.1 Å². The lowest BCUT2D eigenvalue weighted by Gasteiger charge is -2.09. The molecule has 0 aromatic heterocycles. The summed E-state index contributed by atoms with van der Waals surface area (Å²) in [6.07, 6.45) is 0. The van der Waals surface area contributed by atoms with Crippen molar-refractivity contribution in [3.8, 4) is 0 Å². The molecule has 1 N–H and O–H groups in total. The predicted molar refractivity (Wildman–Crippen MR) is 70.1 cm³/mol. The number of nitrogens with one attached hydrogen (secondary N) is 1. The molecule has 6 heteroatoms. The van der Waals surface area contributed by atoms with Gasteiger partial charge in [-0.15, -0.1) is 0 Å². The van der Waals surface area contributed by atoms with Crippen LogP contribution in [-0.2, 0) is 6.54 Å². The van der Waals surface area contributed by atoms with Crippen LogP contribution >= 0.6 is 23.2 Å². The lowest BCUT2D eigenvalue weighted by atomic mass is 10.2. The van der Waals surface area contributed by atoms with E-state index in [4.69, 9.17) is 23.2 Å². The van der Waals surface area contributed by atoms with E-state index in [2.05, 4.69) is 5.32 Å². The summed E-state index contributed by atoms with van der Waals surface area (Å²) in [6.45, 7) is 0.102. The number of hydrogen-bond acceptors (Lipinski definition) is 1. The highest BCUT2D eigenvalue weighted by Gasteiger charge is 2.08. The van der Waals surface area contributed by atoms with Gasteiger partial charge in [0.2, 0.25) is 0 Å². The van der Waals surface area contributed by atoms with E-state index in [9.17, 15) is 13.2 Å². The Morgan fingerprint density at radius 1 is 0.947 bits per heavy atom.